The zero-order valence-electron chi connectivity index (χ0n) is 12.4. The van der Waals surface area contributed by atoms with Crippen molar-refractivity contribution in [3.8, 4) is 0 Å². The Morgan fingerprint density at radius 1 is 1.52 bits per heavy atom. The SMILES string of the molecule is CCNC(=O)CCn1c(C(C)Cl)nc2cc(F)c(C)cc21. The van der Waals surface area contributed by atoms with Crippen molar-refractivity contribution >= 4 is 28.5 Å². The number of hydrogen-bond donors (Lipinski definition) is 1. The summed E-state index contributed by atoms with van der Waals surface area (Å²) in [7, 11) is 0. The van der Waals surface area contributed by atoms with E-state index in [4.69, 9.17) is 11.6 Å². The predicted molar refractivity (Wildman–Crippen MR) is 82.0 cm³/mol. The van der Waals surface area contributed by atoms with Gasteiger partial charge in [-0.05, 0) is 32.4 Å². The third-order valence-corrected chi connectivity index (χ3v) is 3.55. The normalized spacial score (nSPS) is 12.6. The third kappa shape index (κ3) is 3.35. The first kappa shape index (κ1) is 15.8. The molecular formula is C15H19ClFN3O. The minimum Gasteiger partial charge on any atom is -0.356 e. The van der Waals surface area contributed by atoms with E-state index >= 15 is 0 Å². The molecule has 1 heterocycles. The molecule has 1 aromatic carbocycles. The molecule has 1 unspecified atom stereocenters. The van der Waals surface area contributed by atoms with E-state index in [0.717, 1.165) is 5.52 Å². The fourth-order valence-electron chi connectivity index (χ4n) is 2.31. The Morgan fingerprint density at radius 3 is 2.86 bits per heavy atom. The van der Waals surface area contributed by atoms with Crippen LogP contribution in [0.1, 0.15) is 37.0 Å². The summed E-state index contributed by atoms with van der Waals surface area (Å²) < 4.78 is 15.6. The molecule has 1 aromatic heterocycles. The number of aromatic nitrogens is 2. The Labute approximate surface area is 128 Å². The highest BCUT2D eigenvalue weighted by Gasteiger charge is 2.17. The molecule has 0 aliphatic carbocycles. The van der Waals surface area contributed by atoms with E-state index in [0.29, 0.717) is 36.4 Å². The quantitative estimate of drug-likeness (QED) is 0.861. The van der Waals surface area contributed by atoms with Gasteiger partial charge < -0.3 is 9.88 Å². The molecule has 2 rings (SSSR count). The number of fused-ring (bicyclic) bond motifs is 1. The van der Waals surface area contributed by atoms with Gasteiger partial charge in [-0.25, -0.2) is 9.37 Å². The van der Waals surface area contributed by atoms with E-state index < -0.39 is 0 Å². The molecule has 0 radical (unpaired) electrons. The van der Waals surface area contributed by atoms with Crippen LogP contribution in [0.4, 0.5) is 4.39 Å². The Bertz CT molecular complexity index is 666. The molecule has 0 aliphatic heterocycles. The summed E-state index contributed by atoms with van der Waals surface area (Å²) in [6.07, 6.45) is 0.340. The molecule has 1 N–H and O–H groups in total. The van der Waals surface area contributed by atoms with Gasteiger partial charge in [-0.2, -0.15) is 0 Å². The van der Waals surface area contributed by atoms with Gasteiger partial charge in [0, 0.05) is 25.6 Å². The van der Waals surface area contributed by atoms with Crippen LogP contribution in [-0.2, 0) is 11.3 Å². The molecule has 0 saturated carbocycles. The molecule has 1 amide bonds. The van der Waals surface area contributed by atoms with Crippen molar-refractivity contribution in [3.63, 3.8) is 0 Å². The predicted octanol–water partition coefficient (Wildman–Crippen LogP) is 3.31. The zero-order valence-corrected chi connectivity index (χ0v) is 13.2. The second kappa shape index (κ2) is 6.43. The highest BCUT2D eigenvalue weighted by Crippen LogP contribution is 2.26. The van der Waals surface area contributed by atoms with E-state index in [1.54, 1.807) is 13.0 Å². The molecule has 0 saturated heterocycles. The number of carbonyl (C=O) groups is 1. The Kier molecular flexibility index (Phi) is 4.83. The highest BCUT2D eigenvalue weighted by molar-refractivity contribution is 6.20. The van der Waals surface area contributed by atoms with Gasteiger partial charge >= 0.3 is 0 Å². The van der Waals surface area contributed by atoms with Gasteiger partial charge in [-0.15, -0.1) is 11.6 Å². The van der Waals surface area contributed by atoms with Gasteiger partial charge in [-0.1, -0.05) is 0 Å². The molecular weight excluding hydrogens is 293 g/mol. The maximum Gasteiger partial charge on any atom is 0.221 e. The first-order valence-electron chi connectivity index (χ1n) is 7.01. The fraction of sp³-hybridized carbons (Fsp3) is 0.467. The van der Waals surface area contributed by atoms with Gasteiger partial charge in [0.05, 0.1) is 16.4 Å². The van der Waals surface area contributed by atoms with Gasteiger partial charge in [0.15, 0.2) is 0 Å². The van der Waals surface area contributed by atoms with Crippen LogP contribution in [0.2, 0.25) is 0 Å². The van der Waals surface area contributed by atoms with E-state index in [2.05, 4.69) is 10.3 Å². The number of amides is 1. The molecule has 21 heavy (non-hydrogen) atoms. The van der Waals surface area contributed by atoms with Crippen LogP contribution in [0.25, 0.3) is 11.0 Å². The van der Waals surface area contributed by atoms with E-state index in [9.17, 15) is 9.18 Å². The highest BCUT2D eigenvalue weighted by atomic mass is 35.5. The second-order valence-electron chi connectivity index (χ2n) is 5.03. The summed E-state index contributed by atoms with van der Waals surface area (Å²) >= 11 is 6.16. The standard InChI is InChI=1S/C15H19ClFN3O/c1-4-18-14(21)5-6-20-13-7-9(2)11(17)8-12(13)19-15(20)10(3)16/h7-8,10H,4-6H2,1-3H3,(H,18,21). The monoisotopic (exact) mass is 311 g/mol. The molecule has 114 valence electrons. The fourth-order valence-corrected chi connectivity index (χ4v) is 2.47. The number of benzene rings is 1. The van der Waals surface area contributed by atoms with Gasteiger partial charge in [-0.3, -0.25) is 4.79 Å². The minimum absolute atomic E-state index is 0.0219. The lowest BCUT2D eigenvalue weighted by molar-refractivity contribution is -0.121. The maximum atomic E-state index is 13.7. The van der Waals surface area contributed by atoms with Crippen molar-refractivity contribution < 1.29 is 9.18 Å². The molecule has 2 aromatic rings. The van der Waals surface area contributed by atoms with Crippen molar-refractivity contribution in [2.75, 3.05) is 6.54 Å². The average molecular weight is 312 g/mol. The van der Waals surface area contributed by atoms with Gasteiger partial charge in [0.2, 0.25) is 5.91 Å². The van der Waals surface area contributed by atoms with Crippen LogP contribution < -0.4 is 5.32 Å². The summed E-state index contributed by atoms with van der Waals surface area (Å²) in [5, 5.41) is 2.45. The summed E-state index contributed by atoms with van der Waals surface area (Å²) in [5.41, 5.74) is 1.92. The maximum absolute atomic E-state index is 13.7. The number of alkyl halides is 1. The summed E-state index contributed by atoms with van der Waals surface area (Å²) in [4.78, 5) is 16.0. The Balaban J connectivity index is 2.41. The van der Waals surface area contributed by atoms with E-state index in [1.807, 2.05) is 18.4 Å². The van der Waals surface area contributed by atoms with Crippen LogP contribution in [0.5, 0.6) is 0 Å². The smallest absolute Gasteiger partial charge is 0.221 e. The van der Waals surface area contributed by atoms with Crippen LogP contribution in [0, 0.1) is 12.7 Å². The van der Waals surface area contributed by atoms with Crippen LogP contribution in [0.15, 0.2) is 12.1 Å². The van der Waals surface area contributed by atoms with Crippen molar-refractivity contribution in [2.24, 2.45) is 0 Å². The lowest BCUT2D eigenvalue weighted by Gasteiger charge is -2.10. The third-order valence-electron chi connectivity index (χ3n) is 3.35. The van der Waals surface area contributed by atoms with Crippen molar-refractivity contribution in [1.82, 2.24) is 14.9 Å². The molecule has 0 spiro atoms. The number of imidazole rings is 1. The molecule has 0 bridgehead atoms. The van der Waals surface area contributed by atoms with E-state index in [-0.39, 0.29) is 17.1 Å². The number of aryl methyl sites for hydroxylation is 2. The van der Waals surface area contributed by atoms with Gasteiger partial charge in [0.1, 0.15) is 11.6 Å². The van der Waals surface area contributed by atoms with Gasteiger partial charge in [0.25, 0.3) is 0 Å². The Morgan fingerprint density at radius 2 is 2.24 bits per heavy atom. The van der Waals surface area contributed by atoms with Crippen LogP contribution >= 0.6 is 11.6 Å². The van der Waals surface area contributed by atoms with Crippen molar-refractivity contribution in [1.29, 1.82) is 0 Å². The summed E-state index contributed by atoms with van der Waals surface area (Å²) in [5.74, 6) is 0.344. The zero-order chi connectivity index (χ0) is 15.6. The number of nitrogens with zero attached hydrogens (tertiary/aromatic N) is 2. The summed E-state index contributed by atoms with van der Waals surface area (Å²) in [6.45, 7) is 6.48. The molecule has 0 fully saturated rings. The number of nitrogens with one attached hydrogen (secondary N) is 1. The number of carbonyl (C=O) groups excluding carboxylic acids is 1. The first-order chi connectivity index (χ1) is 9.93. The molecule has 4 nitrogen and oxygen atoms in total. The number of hydrogen-bond acceptors (Lipinski definition) is 2. The van der Waals surface area contributed by atoms with Crippen molar-refractivity contribution in [3.05, 3.63) is 29.3 Å². The average Bonchev–Trinajstić information content (AvgIpc) is 2.75. The topological polar surface area (TPSA) is 46.9 Å². The number of rotatable bonds is 5. The lowest BCUT2D eigenvalue weighted by Crippen LogP contribution is -2.24. The van der Waals surface area contributed by atoms with Crippen LogP contribution in [0.3, 0.4) is 0 Å². The lowest BCUT2D eigenvalue weighted by atomic mass is 10.2. The van der Waals surface area contributed by atoms with E-state index in [1.165, 1.54) is 6.07 Å². The molecule has 1 atom stereocenters. The number of halogens is 2. The first-order valence-corrected chi connectivity index (χ1v) is 7.44. The van der Waals surface area contributed by atoms with Crippen LogP contribution in [-0.4, -0.2) is 22.0 Å². The molecule has 0 aliphatic rings. The second-order valence-corrected chi connectivity index (χ2v) is 5.69. The van der Waals surface area contributed by atoms with Crippen molar-refractivity contribution in [2.45, 2.75) is 39.1 Å². The minimum atomic E-state index is -0.310. The Hall–Kier alpha value is -1.62. The molecule has 6 heteroatoms. The largest absolute Gasteiger partial charge is 0.356 e. The summed E-state index contributed by atoms with van der Waals surface area (Å²) in [6, 6.07) is 3.16.